The lowest BCUT2D eigenvalue weighted by Crippen LogP contribution is -2.04. The van der Waals surface area contributed by atoms with Gasteiger partial charge in [0, 0.05) is 18.0 Å². The average Bonchev–Trinajstić information content (AvgIpc) is 2.51. The van der Waals surface area contributed by atoms with Crippen LogP contribution in [0.4, 0.5) is 5.69 Å². The van der Waals surface area contributed by atoms with Crippen molar-refractivity contribution in [3.05, 3.63) is 42.2 Å². The normalized spacial score (nSPS) is 10.2. The lowest BCUT2D eigenvalue weighted by molar-refractivity contribution is -0.105. The van der Waals surface area contributed by atoms with Crippen molar-refractivity contribution in [3.8, 4) is 16.9 Å². The maximum absolute atomic E-state index is 10.9. The van der Waals surface area contributed by atoms with Crippen molar-refractivity contribution in [1.29, 1.82) is 0 Å². The van der Waals surface area contributed by atoms with Crippen molar-refractivity contribution in [1.82, 2.24) is 4.98 Å². The fourth-order valence-corrected chi connectivity index (χ4v) is 2.33. The highest BCUT2D eigenvalue weighted by molar-refractivity contribution is 5.81. The van der Waals surface area contributed by atoms with Crippen LogP contribution < -0.4 is 10.1 Å². The van der Waals surface area contributed by atoms with Gasteiger partial charge in [-0.3, -0.25) is 9.78 Å². The smallest absolute Gasteiger partial charge is 0.211 e. The van der Waals surface area contributed by atoms with Gasteiger partial charge in [0.05, 0.1) is 12.3 Å². The number of pyridine rings is 1. The zero-order chi connectivity index (χ0) is 15.1. The molecule has 110 valence electrons. The molecule has 0 spiro atoms. The van der Waals surface area contributed by atoms with Gasteiger partial charge in [0.25, 0.3) is 0 Å². The van der Waals surface area contributed by atoms with E-state index >= 15 is 0 Å². The molecule has 0 unspecified atom stereocenters. The van der Waals surface area contributed by atoms with Crippen LogP contribution >= 0.6 is 0 Å². The monoisotopic (exact) mass is 284 g/mol. The van der Waals surface area contributed by atoms with E-state index < -0.39 is 0 Å². The Labute approximate surface area is 125 Å². The number of nitrogens with one attached hydrogen (secondary N) is 1. The predicted octanol–water partition coefficient (Wildman–Crippen LogP) is 3.67. The van der Waals surface area contributed by atoms with Gasteiger partial charge in [-0.1, -0.05) is 19.4 Å². The zero-order valence-corrected chi connectivity index (χ0v) is 12.4. The molecule has 0 aliphatic rings. The molecular formula is C17H20N2O2. The summed E-state index contributed by atoms with van der Waals surface area (Å²) in [5.74, 6) is 0.703. The molecule has 0 bridgehead atoms. The third-order valence-corrected chi connectivity index (χ3v) is 3.20. The number of hydrogen-bond donors (Lipinski definition) is 1. The van der Waals surface area contributed by atoms with E-state index in [-0.39, 0.29) is 0 Å². The first-order valence-electron chi connectivity index (χ1n) is 7.20. The fourth-order valence-electron chi connectivity index (χ4n) is 2.33. The van der Waals surface area contributed by atoms with E-state index in [1.165, 1.54) is 0 Å². The van der Waals surface area contributed by atoms with Crippen LogP contribution in [0.2, 0.25) is 0 Å². The molecule has 0 saturated carbocycles. The number of benzene rings is 1. The van der Waals surface area contributed by atoms with Crippen molar-refractivity contribution in [3.63, 3.8) is 0 Å². The number of hydrogen-bond acceptors (Lipinski definition) is 3. The van der Waals surface area contributed by atoms with Gasteiger partial charge in [0.15, 0.2) is 0 Å². The molecule has 1 N–H and O–H groups in total. The van der Waals surface area contributed by atoms with Crippen LogP contribution in [0.3, 0.4) is 0 Å². The maximum Gasteiger partial charge on any atom is 0.211 e. The van der Waals surface area contributed by atoms with Crippen molar-refractivity contribution in [2.45, 2.75) is 26.7 Å². The first-order valence-corrected chi connectivity index (χ1v) is 7.20. The summed E-state index contributed by atoms with van der Waals surface area (Å²) in [6, 6.07) is 7.97. The number of anilines is 1. The molecule has 0 atom stereocenters. The second-order valence-electron chi connectivity index (χ2n) is 4.70. The summed E-state index contributed by atoms with van der Waals surface area (Å²) < 4.78 is 5.70. The third-order valence-electron chi connectivity index (χ3n) is 3.20. The summed E-state index contributed by atoms with van der Waals surface area (Å²) in [5.41, 5.74) is 3.93. The molecule has 0 radical (unpaired) electrons. The molecule has 0 fully saturated rings. The zero-order valence-electron chi connectivity index (χ0n) is 12.4. The van der Waals surface area contributed by atoms with Gasteiger partial charge < -0.3 is 10.1 Å². The highest BCUT2D eigenvalue weighted by Crippen LogP contribution is 2.35. The number of aryl methyl sites for hydroxylation is 1. The first kappa shape index (κ1) is 15.0. The van der Waals surface area contributed by atoms with Crippen LogP contribution in [0.5, 0.6) is 5.75 Å². The summed E-state index contributed by atoms with van der Waals surface area (Å²) in [7, 11) is 0. The Balaban J connectivity index is 2.55. The van der Waals surface area contributed by atoms with Gasteiger partial charge in [0.1, 0.15) is 5.75 Å². The van der Waals surface area contributed by atoms with E-state index in [9.17, 15) is 4.79 Å². The Kier molecular flexibility index (Phi) is 5.32. The molecule has 4 heteroatoms. The Hall–Kier alpha value is -2.36. The third kappa shape index (κ3) is 3.60. The summed E-state index contributed by atoms with van der Waals surface area (Å²) in [5, 5.41) is 2.77. The van der Waals surface area contributed by atoms with Crippen LogP contribution in [0.15, 0.2) is 36.7 Å². The number of nitrogens with zero attached hydrogens (tertiary/aromatic N) is 1. The van der Waals surface area contributed by atoms with Crippen molar-refractivity contribution in [2.75, 3.05) is 11.9 Å². The highest BCUT2D eigenvalue weighted by atomic mass is 16.5. The van der Waals surface area contributed by atoms with Crippen LogP contribution in [-0.2, 0) is 11.2 Å². The largest absolute Gasteiger partial charge is 0.492 e. The number of carbonyl (C=O) groups excluding carboxylic acids is 1. The quantitative estimate of drug-likeness (QED) is 0.789. The summed E-state index contributed by atoms with van der Waals surface area (Å²) in [6.45, 7) is 4.60. The van der Waals surface area contributed by atoms with Crippen LogP contribution in [0, 0.1) is 0 Å². The summed E-state index contributed by atoms with van der Waals surface area (Å²) in [4.78, 5) is 15.0. The topological polar surface area (TPSA) is 51.2 Å². The van der Waals surface area contributed by atoms with E-state index in [0.29, 0.717) is 18.8 Å². The van der Waals surface area contributed by atoms with Gasteiger partial charge in [-0.15, -0.1) is 0 Å². The van der Waals surface area contributed by atoms with Crippen molar-refractivity contribution >= 4 is 12.1 Å². The van der Waals surface area contributed by atoms with Gasteiger partial charge in [-0.25, -0.2) is 0 Å². The van der Waals surface area contributed by atoms with Crippen molar-refractivity contribution in [2.24, 2.45) is 0 Å². The molecule has 2 aromatic rings. The fraction of sp³-hybridized carbons (Fsp3) is 0.294. The van der Waals surface area contributed by atoms with Crippen LogP contribution in [0.1, 0.15) is 25.8 Å². The van der Waals surface area contributed by atoms with E-state index in [0.717, 1.165) is 35.2 Å². The van der Waals surface area contributed by atoms with Gasteiger partial charge in [0.2, 0.25) is 6.41 Å². The molecule has 4 nitrogen and oxygen atoms in total. The van der Waals surface area contributed by atoms with Gasteiger partial charge in [-0.05, 0) is 42.7 Å². The first-order chi connectivity index (χ1) is 10.3. The van der Waals surface area contributed by atoms with E-state index in [2.05, 4.69) is 23.3 Å². The molecule has 1 heterocycles. The molecule has 1 amide bonds. The second kappa shape index (κ2) is 7.43. The molecular weight excluding hydrogens is 264 g/mol. The summed E-state index contributed by atoms with van der Waals surface area (Å²) in [6.07, 6.45) is 6.15. The minimum absolute atomic E-state index is 0.551. The molecule has 0 saturated heterocycles. The lowest BCUT2D eigenvalue weighted by Gasteiger charge is -2.16. The van der Waals surface area contributed by atoms with E-state index in [4.69, 9.17) is 4.74 Å². The molecule has 1 aromatic carbocycles. The highest BCUT2D eigenvalue weighted by Gasteiger charge is 2.12. The predicted molar refractivity (Wildman–Crippen MR) is 84.5 cm³/mol. The standard InChI is InChI=1S/C17H20N2O2/c1-3-6-13-9-15(14-7-5-8-18-11-14)10-16(21-4-2)17(13)19-12-20/h5,7-12H,3-4,6H2,1-2H3,(H,19,20). The number of amides is 1. The lowest BCUT2D eigenvalue weighted by atomic mass is 9.99. The number of aromatic nitrogens is 1. The number of carbonyl (C=O) groups is 1. The Morgan fingerprint density at radius 1 is 1.29 bits per heavy atom. The number of ether oxygens (including phenoxy) is 1. The Morgan fingerprint density at radius 2 is 2.14 bits per heavy atom. The minimum atomic E-state index is 0.551. The molecule has 21 heavy (non-hydrogen) atoms. The van der Waals surface area contributed by atoms with Crippen molar-refractivity contribution < 1.29 is 9.53 Å². The molecule has 0 aliphatic carbocycles. The SMILES string of the molecule is CCCc1cc(-c2cccnc2)cc(OCC)c1NC=O. The Morgan fingerprint density at radius 3 is 2.76 bits per heavy atom. The maximum atomic E-state index is 10.9. The number of rotatable bonds is 7. The minimum Gasteiger partial charge on any atom is -0.492 e. The van der Waals surface area contributed by atoms with Gasteiger partial charge >= 0.3 is 0 Å². The van der Waals surface area contributed by atoms with E-state index in [1.54, 1.807) is 6.20 Å². The summed E-state index contributed by atoms with van der Waals surface area (Å²) >= 11 is 0. The molecule has 1 aromatic heterocycles. The Bertz CT molecular complexity index is 570. The van der Waals surface area contributed by atoms with E-state index in [1.807, 2.05) is 31.3 Å². The van der Waals surface area contributed by atoms with Crippen LogP contribution in [0.25, 0.3) is 11.1 Å². The average molecular weight is 284 g/mol. The second-order valence-corrected chi connectivity index (χ2v) is 4.70. The molecule has 0 aliphatic heterocycles. The van der Waals surface area contributed by atoms with Crippen LogP contribution in [-0.4, -0.2) is 18.0 Å². The van der Waals surface area contributed by atoms with Gasteiger partial charge in [-0.2, -0.15) is 0 Å². The molecule has 2 rings (SSSR count).